The quantitative estimate of drug-likeness (QED) is 0.796. The average Bonchev–Trinajstić information content (AvgIpc) is 2.38. The Morgan fingerprint density at radius 3 is 2.56 bits per heavy atom. The van der Waals surface area contributed by atoms with Crippen LogP contribution < -0.4 is 5.32 Å². The molecule has 2 heterocycles. The minimum atomic E-state index is -4.29. The van der Waals surface area contributed by atoms with Gasteiger partial charge in [-0.15, -0.1) is 36.2 Å². The van der Waals surface area contributed by atoms with Crippen molar-refractivity contribution < 1.29 is 13.2 Å². The summed E-state index contributed by atoms with van der Waals surface area (Å²) >= 11 is 0.757. The van der Waals surface area contributed by atoms with Gasteiger partial charge in [-0.2, -0.15) is 13.2 Å². The smallest absolute Gasteiger partial charge is 0.312 e. The zero-order chi connectivity index (χ0) is 10.2. The normalized spacial score (nSPS) is 15.4. The van der Waals surface area contributed by atoms with E-state index in [-0.39, 0.29) is 24.8 Å². The van der Waals surface area contributed by atoms with Gasteiger partial charge in [0.25, 0.3) is 0 Å². The van der Waals surface area contributed by atoms with Gasteiger partial charge in [-0.1, -0.05) is 0 Å². The van der Waals surface area contributed by atoms with E-state index in [0.717, 1.165) is 29.2 Å². The van der Waals surface area contributed by atoms with Crippen molar-refractivity contribution in [2.45, 2.75) is 25.6 Å². The summed E-state index contributed by atoms with van der Waals surface area (Å²) in [5.74, 6) is 0. The van der Waals surface area contributed by atoms with Crippen LogP contribution in [0.1, 0.15) is 22.0 Å². The third-order valence-corrected chi connectivity index (χ3v) is 3.22. The van der Waals surface area contributed by atoms with E-state index in [9.17, 15) is 13.2 Å². The number of halogens is 5. The predicted octanol–water partition coefficient (Wildman–Crippen LogP) is 3.04. The van der Waals surface area contributed by atoms with E-state index in [1.165, 1.54) is 0 Å². The molecule has 0 fully saturated rings. The van der Waals surface area contributed by atoms with Crippen LogP contribution >= 0.6 is 36.2 Å². The Kier molecular flexibility index (Phi) is 6.03. The highest BCUT2D eigenvalue weighted by molar-refractivity contribution is 7.11. The summed E-state index contributed by atoms with van der Waals surface area (Å²) in [6, 6.07) is 0. The first-order valence-electron chi connectivity index (χ1n) is 4.34. The van der Waals surface area contributed by atoms with Crippen molar-refractivity contribution in [3.05, 3.63) is 15.6 Å². The number of thiazole rings is 1. The highest BCUT2D eigenvalue weighted by Crippen LogP contribution is 2.34. The van der Waals surface area contributed by atoms with Crippen LogP contribution in [0.25, 0.3) is 0 Å². The second-order valence-electron chi connectivity index (χ2n) is 3.17. The number of hydrogen-bond donors (Lipinski definition) is 1. The standard InChI is InChI=1S/C8H9F3N2S.2ClH/c9-8(10,11)7-13-5-2-1-3-12-4-6(5)14-7;;/h12H,1-4H2;2*1H. The van der Waals surface area contributed by atoms with E-state index < -0.39 is 11.2 Å². The molecule has 94 valence electrons. The fourth-order valence-corrected chi connectivity index (χ4v) is 2.37. The van der Waals surface area contributed by atoms with E-state index in [1.54, 1.807) is 0 Å². The van der Waals surface area contributed by atoms with Gasteiger partial charge in [0.15, 0.2) is 5.01 Å². The summed E-state index contributed by atoms with van der Waals surface area (Å²) in [6.07, 6.45) is -2.79. The van der Waals surface area contributed by atoms with Crippen molar-refractivity contribution in [2.75, 3.05) is 6.54 Å². The highest BCUT2D eigenvalue weighted by Gasteiger charge is 2.35. The van der Waals surface area contributed by atoms with Gasteiger partial charge in [-0.25, -0.2) is 4.98 Å². The van der Waals surface area contributed by atoms with Gasteiger partial charge in [0.05, 0.1) is 5.69 Å². The Bertz CT molecular complexity index is 317. The van der Waals surface area contributed by atoms with Crippen LogP contribution in [0.3, 0.4) is 0 Å². The fraction of sp³-hybridized carbons (Fsp3) is 0.625. The molecule has 0 aromatic carbocycles. The molecular formula is C8H11Cl2F3N2S. The topological polar surface area (TPSA) is 24.9 Å². The van der Waals surface area contributed by atoms with Gasteiger partial charge in [0, 0.05) is 11.4 Å². The number of aryl methyl sites for hydroxylation is 1. The first-order valence-corrected chi connectivity index (χ1v) is 5.15. The van der Waals surface area contributed by atoms with Crippen molar-refractivity contribution in [1.29, 1.82) is 0 Å². The lowest BCUT2D eigenvalue weighted by molar-refractivity contribution is -0.137. The molecule has 1 aromatic rings. The lowest BCUT2D eigenvalue weighted by Crippen LogP contribution is -2.11. The molecule has 1 aliphatic rings. The summed E-state index contributed by atoms with van der Waals surface area (Å²) in [4.78, 5) is 4.37. The lowest BCUT2D eigenvalue weighted by Gasteiger charge is -2.00. The molecule has 0 unspecified atom stereocenters. The zero-order valence-electron chi connectivity index (χ0n) is 8.13. The average molecular weight is 295 g/mol. The molecule has 1 N–H and O–H groups in total. The van der Waals surface area contributed by atoms with Gasteiger partial charge >= 0.3 is 6.18 Å². The molecule has 0 spiro atoms. The molecule has 2 nitrogen and oxygen atoms in total. The fourth-order valence-electron chi connectivity index (χ4n) is 1.42. The van der Waals surface area contributed by atoms with E-state index in [0.29, 0.717) is 18.7 Å². The number of nitrogens with zero attached hydrogens (tertiary/aromatic N) is 1. The SMILES string of the molecule is Cl.Cl.FC(F)(F)c1nc2c(s1)CNCCC2. The summed E-state index contributed by atoms with van der Waals surface area (Å²) in [6.45, 7) is 1.37. The first kappa shape index (κ1) is 16.0. The molecule has 0 saturated carbocycles. The van der Waals surface area contributed by atoms with E-state index in [1.807, 2.05) is 0 Å². The van der Waals surface area contributed by atoms with E-state index in [2.05, 4.69) is 10.3 Å². The van der Waals surface area contributed by atoms with Crippen LogP contribution in [0.2, 0.25) is 0 Å². The van der Waals surface area contributed by atoms with Gasteiger partial charge in [-0.3, -0.25) is 0 Å². The second kappa shape index (κ2) is 6.05. The van der Waals surface area contributed by atoms with Crippen LogP contribution in [0.15, 0.2) is 0 Å². The maximum Gasteiger partial charge on any atom is 0.443 e. The van der Waals surface area contributed by atoms with E-state index >= 15 is 0 Å². The molecule has 0 atom stereocenters. The van der Waals surface area contributed by atoms with Crippen LogP contribution in [0.5, 0.6) is 0 Å². The number of fused-ring (bicyclic) bond motifs is 1. The zero-order valence-corrected chi connectivity index (χ0v) is 10.6. The summed E-state index contributed by atoms with van der Waals surface area (Å²) in [7, 11) is 0. The third kappa shape index (κ3) is 3.48. The Labute approximate surface area is 107 Å². The molecule has 2 rings (SSSR count). The monoisotopic (exact) mass is 294 g/mol. The largest absolute Gasteiger partial charge is 0.443 e. The number of alkyl halides is 3. The number of aromatic nitrogens is 1. The molecule has 8 heteroatoms. The molecule has 0 saturated heterocycles. The van der Waals surface area contributed by atoms with Crippen LogP contribution in [-0.2, 0) is 19.1 Å². The molecule has 1 aliphatic heterocycles. The molecule has 0 bridgehead atoms. The van der Waals surface area contributed by atoms with Gasteiger partial charge < -0.3 is 5.32 Å². The molecule has 0 radical (unpaired) electrons. The second-order valence-corrected chi connectivity index (χ2v) is 4.25. The van der Waals surface area contributed by atoms with E-state index in [4.69, 9.17) is 0 Å². The Morgan fingerprint density at radius 1 is 1.25 bits per heavy atom. The molecule has 16 heavy (non-hydrogen) atoms. The first-order chi connectivity index (χ1) is 6.57. The van der Waals surface area contributed by atoms with Crippen LogP contribution in [0, 0.1) is 0 Å². The minimum Gasteiger partial charge on any atom is -0.312 e. The van der Waals surface area contributed by atoms with Gasteiger partial charge in [0.2, 0.25) is 0 Å². The maximum absolute atomic E-state index is 12.3. The third-order valence-electron chi connectivity index (χ3n) is 2.07. The predicted molar refractivity (Wildman–Crippen MR) is 61.6 cm³/mol. The minimum absolute atomic E-state index is 0. The molecular weight excluding hydrogens is 284 g/mol. The summed E-state index contributed by atoms with van der Waals surface area (Å²) in [5, 5.41) is 2.35. The Balaban J connectivity index is 0.00000112. The maximum atomic E-state index is 12.3. The summed E-state index contributed by atoms with van der Waals surface area (Å²) < 4.78 is 36.9. The van der Waals surface area contributed by atoms with Gasteiger partial charge in [0.1, 0.15) is 0 Å². The number of hydrogen-bond acceptors (Lipinski definition) is 3. The van der Waals surface area contributed by atoms with Crippen LogP contribution in [-0.4, -0.2) is 11.5 Å². The highest BCUT2D eigenvalue weighted by atomic mass is 35.5. The van der Waals surface area contributed by atoms with Gasteiger partial charge in [-0.05, 0) is 19.4 Å². The lowest BCUT2D eigenvalue weighted by atomic mass is 10.2. The van der Waals surface area contributed by atoms with Crippen molar-refractivity contribution in [3.8, 4) is 0 Å². The molecule has 0 amide bonds. The number of rotatable bonds is 0. The number of nitrogens with one attached hydrogen (secondary N) is 1. The van der Waals surface area contributed by atoms with Crippen molar-refractivity contribution in [3.63, 3.8) is 0 Å². The Hall–Kier alpha value is -0.0400. The van der Waals surface area contributed by atoms with Crippen LogP contribution in [0.4, 0.5) is 13.2 Å². The summed E-state index contributed by atoms with van der Waals surface area (Å²) in [5.41, 5.74) is 0.618. The Morgan fingerprint density at radius 2 is 1.94 bits per heavy atom. The van der Waals surface area contributed by atoms with Crippen molar-refractivity contribution >= 4 is 36.2 Å². The van der Waals surface area contributed by atoms with Crippen molar-refractivity contribution in [2.24, 2.45) is 0 Å². The molecule has 1 aromatic heterocycles. The van der Waals surface area contributed by atoms with Crippen molar-refractivity contribution in [1.82, 2.24) is 10.3 Å². The molecule has 0 aliphatic carbocycles.